The van der Waals surface area contributed by atoms with Crippen molar-refractivity contribution in [2.45, 2.75) is 12.8 Å². The Kier molecular flexibility index (Phi) is 2.95. The highest BCUT2D eigenvalue weighted by molar-refractivity contribution is 6.32. The summed E-state index contributed by atoms with van der Waals surface area (Å²) in [5.74, 6) is 0.285. The van der Waals surface area contributed by atoms with Gasteiger partial charge in [-0.25, -0.2) is 0 Å². The fourth-order valence-electron chi connectivity index (χ4n) is 1.51. The zero-order valence-corrected chi connectivity index (χ0v) is 10.0. The number of benzene rings is 1. The highest BCUT2D eigenvalue weighted by Crippen LogP contribution is 2.45. The van der Waals surface area contributed by atoms with Crippen molar-refractivity contribution >= 4 is 23.2 Å². The molecule has 0 atom stereocenters. The number of nitriles is 1. The number of hydrogen-bond donors (Lipinski definition) is 1. The second-order valence-electron chi connectivity index (χ2n) is 4.00. The Labute approximate surface area is 104 Å². The van der Waals surface area contributed by atoms with Crippen LogP contribution in [0.2, 0.25) is 5.02 Å². The van der Waals surface area contributed by atoms with Gasteiger partial charge in [0.25, 0.3) is 0 Å². The first-order valence-corrected chi connectivity index (χ1v) is 5.55. The first-order valence-electron chi connectivity index (χ1n) is 5.17. The van der Waals surface area contributed by atoms with Crippen LogP contribution in [0.1, 0.15) is 12.8 Å². The second-order valence-corrected chi connectivity index (χ2v) is 4.40. The Bertz CT molecular complexity index is 504. The molecule has 0 spiro atoms. The molecule has 17 heavy (non-hydrogen) atoms. The lowest BCUT2D eigenvalue weighted by atomic mass is 10.1. The molecule has 1 aromatic carbocycles. The molecule has 0 radical (unpaired) electrons. The fraction of sp³-hybridized carbons (Fsp3) is 0.333. The van der Waals surface area contributed by atoms with Gasteiger partial charge < -0.3 is 10.1 Å². The molecule has 5 heteroatoms. The van der Waals surface area contributed by atoms with Crippen molar-refractivity contribution in [3.63, 3.8) is 0 Å². The Hall–Kier alpha value is -1.73. The molecule has 0 aliphatic heterocycles. The molecule has 0 aromatic heterocycles. The average molecular weight is 251 g/mol. The minimum Gasteiger partial charge on any atom is -0.495 e. The van der Waals surface area contributed by atoms with E-state index in [4.69, 9.17) is 21.6 Å². The summed E-state index contributed by atoms with van der Waals surface area (Å²) in [7, 11) is 1.52. The minimum atomic E-state index is -0.827. The number of amides is 1. The molecular formula is C12H11ClN2O2. The van der Waals surface area contributed by atoms with Gasteiger partial charge >= 0.3 is 0 Å². The van der Waals surface area contributed by atoms with Gasteiger partial charge in [0.2, 0.25) is 5.91 Å². The number of carbonyl (C=O) groups is 1. The zero-order chi connectivity index (χ0) is 12.5. The van der Waals surface area contributed by atoms with Crippen LogP contribution in [-0.2, 0) is 4.79 Å². The average Bonchev–Trinajstić information content (AvgIpc) is 3.10. The van der Waals surface area contributed by atoms with Crippen LogP contribution >= 0.6 is 11.6 Å². The molecule has 2 rings (SSSR count). The Balaban J connectivity index is 2.12. The Morgan fingerprint density at radius 2 is 2.29 bits per heavy atom. The molecule has 0 heterocycles. The standard InChI is InChI=1S/C12H11ClN2O2/c1-17-10-3-2-8(6-9(10)13)15-11(16)12(7-14)4-5-12/h2-3,6H,4-5H2,1H3,(H,15,16). The molecule has 1 saturated carbocycles. The third-order valence-corrected chi connectivity index (χ3v) is 3.10. The number of ether oxygens (including phenoxy) is 1. The maximum Gasteiger partial charge on any atom is 0.244 e. The molecule has 1 amide bonds. The zero-order valence-electron chi connectivity index (χ0n) is 9.29. The van der Waals surface area contributed by atoms with Crippen molar-refractivity contribution in [3.8, 4) is 11.8 Å². The van der Waals surface area contributed by atoms with Gasteiger partial charge in [0.05, 0.1) is 18.2 Å². The summed E-state index contributed by atoms with van der Waals surface area (Å²) in [6.45, 7) is 0. The summed E-state index contributed by atoms with van der Waals surface area (Å²) in [4.78, 5) is 11.8. The lowest BCUT2D eigenvalue weighted by Gasteiger charge is -2.09. The smallest absolute Gasteiger partial charge is 0.244 e. The largest absolute Gasteiger partial charge is 0.495 e. The molecular weight excluding hydrogens is 240 g/mol. The number of halogens is 1. The van der Waals surface area contributed by atoms with Crippen LogP contribution in [0.5, 0.6) is 5.75 Å². The Morgan fingerprint density at radius 3 is 2.76 bits per heavy atom. The molecule has 0 bridgehead atoms. The molecule has 1 fully saturated rings. The van der Waals surface area contributed by atoms with E-state index in [1.807, 2.05) is 6.07 Å². The van der Waals surface area contributed by atoms with Crippen molar-refractivity contribution in [2.24, 2.45) is 5.41 Å². The second kappa shape index (κ2) is 4.27. The third kappa shape index (κ3) is 2.20. The quantitative estimate of drug-likeness (QED) is 0.897. The minimum absolute atomic E-state index is 0.263. The van der Waals surface area contributed by atoms with E-state index >= 15 is 0 Å². The van der Waals surface area contributed by atoms with E-state index in [-0.39, 0.29) is 5.91 Å². The van der Waals surface area contributed by atoms with Gasteiger partial charge in [-0.15, -0.1) is 0 Å². The van der Waals surface area contributed by atoms with Gasteiger partial charge in [-0.2, -0.15) is 5.26 Å². The fourth-order valence-corrected chi connectivity index (χ4v) is 1.77. The lowest BCUT2D eigenvalue weighted by Crippen LogP contribution is -2.22. The van der Waals surface area contributed by atoms with Crippen molar-refractivity contribution in [2.75, 3.05) is 12.4 Å². The molecule has 1 aliphatic rings. The summed E-state index contributed by atoms with van der Waals surface area (Å²) in [5, 5.41) is 12.0. The first kappa shape index (κ1) is 11.7. The molecule has 0 saturated heterocycles. The monoisotopic (exact) mass is 250 g/mol. The van der Waals surface area contributed by atoms with Gasteiger partial charge in [-0.1, -0.05) is 11.6 Å². The number of carbonyl (C=O) groups excluding carboxylic acids is 1. The van der Waals surface area contributed by atoms with Crippen LogP contribution < -0.4 is 10.1 Å². The van der Waals surface area contributed by atoms with Crippen LogP contribution in [0.4, 0.5) is 5.69 Å². The van der Waals surface area contributed by atoms with Crippen LogP contribution in [0, 0.1) is 16.7 Å². The van der Waals surface area contributed by atoms with Crippen molar-refractivity contribution in [1.82, 2.24) is 0 Å². The van der Waals surface area contributed by atoms with Crippen molar-refractivity contribution in [3.05, 3.63) is 23.2 Å². The maximum absolute atomic E-state index is 11.8. The van der Waals surface area contributed by atoms with Gasteiger partial charge in [0, 0.05) is 5.69 Å². The summed E-state index contributed by atoms with van der Waals surface area (Å²) in [5.41, 5.74) is -0.255. The highest BCUT2D eigenvalue weighted by Gasteiger charge is 2.50. The van der Waals surface area contributed by atoms with E-state index in [0.717, 1.165) is 0 Å². The van der Waals surface area contributed by atoms with E-state index in [1.165, 1.54) is 7.11 Å². The van der Waals surface area contributed by atoms with Crippen LogP contribution in [0.3, 0.4) is 0 Å². The van der Waals surface area contributed by atoms with Gasteiger partial charge in [0.15, 0.2) is 0 Å². The SMILES string of the molecule is COc1ccc(NC(=O)C2(C#N)CC2)cc1Cl. The van der Waals surface area contributed by atoms with Crippen molar-refractivity contribution in [1.29, 1.82) is 5.26 Å². The van der Waals surface area contributed by atoms with Gasteiger partial charge in [-0.05, 0) is 31.0 Å². The summed E-state index contributed by atoms with van der Waals surface area (Å²) in [6, 6.07) is 7.00. The lowest BCUT2D eigenvalue weighted by molar-refractivity contribution is -0.119. The number of methoxy groups -OCH3 is 1. The molecule has 1 N–H and O–H groups in total. The first-order chi connectivity index (χ1) is 8.11. The molecule has 4 nitrogen and oxygen atoms in total. The van der Waals surface area contributed by atoms with E-state index in [0.29, 0.717) is 29.3 Å². The third-order valence-electron chi connectivity index (χ3n) is 2.81. The number of hydrogen-bond acceptors (Lipinski definition) is 3. The van der Waals surface area contributed by atoms with E-state index < -0.39 is 5.41 Å². The van der Waals surface area contributed by atoms with Gasteiger partial charge in [0.1, 0.15) is 11.2 Å². The maximum atomic E-state index is 11.8. The number of anilines is 1. The number of nitrogens with one attached hydrogen (secondary N) is 1. The van der Waals surface area contributed by atoms with E-state index in [9.17, 15) is 4.79 Å². The topological polar surface area (TPSA) is 62.1 Å². The predicted octanol–water partition coefficient (Wildman–Crippen LogP) is 2.59. The number of nitrogens with zero attached hydrogens (tertiary/aromatic N) is 1. The normalized spacial score (nSPS) is 15.8. The summed E-state index contributed by atoms with van der Waals surface area (Å²) in [6.07, 6.45) is 1.25. The van der Waals surface area contributed by atoms with Crippen LogP contribution in [-0.4, -0.2) is 13.0 Å². The Morgan fingerprint density at radius 1 is 1.59 bits per heavy atom. The molecule has 1 aromatic rings. The van der Waals surface area contributed by atoms with Crippen molar-refractivity contribution < 1.29 is 9.53 Å². The highest BCUT2D eigenvalue weighted by atomic mass is 35.5. The van der Waals surface area contributed by atoms with Gasteiger partial charge in [-0.3, -0.25) is 4.79 Å². The molecule has 1 aliphatic carbocycles. The number of rotatable bonds is 3. The molecule has 0 unspecified atom stereocenters. The molecule has 88 valence electrons. The van der Waals surface area contributed by atoms with E-state index in [1.54, 1.807) is 18.2 Å². The summed E-state index contributed by atoms with van der Waals surface area (Å²) >= 11 is 5.94. The summed E-state index contributed by atoms with van der Waals surface area (Å²) < 4.78 is 5.01. The van der Waals surface area contributed by atoms with Crippen LogP contribution in [0.25, 0.3) is 0 Å². The van der Waals surface area contributed by atoms with Crippen LogP contribution in [0.15, 0.2) is 18.2 Å². The predicted molar refractivity (Wildman–Crippen MR) is 63.9 cm³/mol. The van der Waals surface area contributed by atoms with E-state index in [2.05, 4.69) is 5.32 Å².